The number of hydrogen-bond acceptors (Lipinski definition) is 5. The molecule has 1 N–H and O–H groups in total. The van der Waals surface area contributed by atoms with Gasteiger partial charge in [0, 0.05) is 37.8 Å². The number of alkyl halides is 3. The van der Waals surface area contributed by atoms with Crippen LogP contribution in [0.3, 0.4) is 0 Å². The Morgan fingerprint density at radius 3 is 2.50 bits per heavy atom. The van der Waals surface area contributed by atoms with Gasteiger partial charge in [-0.25, -0.2) is 0 Å². The number of halogens is 3. The molecule has 1 unspecified atom stereocenters. The van der Waals surface area contributed by atoms with E-state index in [1.54, 1.807) is 0 Å². The minimum Gasteiger partial charge on any atom is -0.378 e. The molecule has 0 aliphatic carbocycles. The van der Waals surface area contributed by atoms with Gasteiger partial charge in [0.1, 0.15) is 6.07 Å². The molecule has 1 atom stereocenters. The maximum atomic E-state index is 13.0. The number of piperazine rings is 1. The van der Waals surface area contributed by atoms with Crippen molar-refractivity contribution in [2.45, 2.75) is 12.3 Å². The summed E-state index contributed by atoms with van der Waals surface area (Å²) < 4.78 is 38.9. The Bertz CT molecular complexity index is 1200. The average molecular weight is 440 g/mol. The second-order valence-electron chi connectivity index (χ2n) is 7.49. The minimum atomic E-state index is -4.56. The summed E-state index contributed by atoms with van der Waals surface area (Å²) in [7, 11) is 0. The van der Waals surface area contributed by atoms with Gasteiger partial charge in [-0.3, -0.25) is 9.78 Å². The monoisotopic (exact) mass is 440 g/mol. The van der Waals surface area contributed by atoms with E-state index in [-0.39, 0.29) is 18.7 Å². The van der Waals surface area contributed by atoms with Crippen LogP contribution in [0.4, 0.5) is 18.9 Å². The first-order chi connectivity index (χ1) is 15.3. The fourth-order valence-corrected chi connectivity index (χ4v) is 3.90. The lowest BCUT2D eigenvalue weighted by Crippen LogP contribution is -2.50. The van der Waals surface area contributed by atoms with Gasteiger partial charge in [0.15, 0.2) is 6.10 Å². The summed E-state index contributed by atoms with van der Waals surface area (Å²) in [6, 6.07) is 13.8. The fourth-order valence-electron chi connectivity index (χ4n) is 3.90. The van der Waals surface area contributed by atoms with Crippen molar-refractivity contribution in [3.8, 4) is 6.07 Å². The highest BCUT2D eigenvalue weighted by atomic mass is 19.4. The van der Waals surface area contributed by atoms with Crippen molar-refractivity contribution in [2.24, 2.45) is 0 Å². The van der Waals surface area contributed by atoms with Gasteiger partial charge in [-0.1, -0.05) is 30.3 Å². The zero-order valence-corrected chi connectivity index (χ0v) is 16.9. The molecule has 164 valence electrons. The number of hydrogen-bond donors (Lipinski definition) is 1. The van der Waals surface area contributed by atoms with Crippen molar-refractivity contribution in [1.29, 1.82) is 5.26 Å². The standard InChI is InChI=1S/C23H19F3N4O2/c24-23(25,26)17-5-3-4-15(12-17)21(31)22(32)30-10-8-29(9-11-30)20-16(13-27)14-28-19-7-2-1-6-18(19)20/h1-7,12,14,21,31H,8-11H2. The molecule has 1 aliphatic heterocycles. The second kappa shape index (κ2) is 8.48. The van der Waals surface area contributed by atoms with Crippen molar-refractivity contribution in [3.05, 3.63) is 71.4 Å². The quantitative estimate of drug-likeness (QED) is 0.674. The second-order valence-corrected chi connectivity index (χ2v) is 7.49. The lowest BCUT2D eigenvalue weighted by Gasteiger charge is -2.37. The first-order valence-electron chi connectivity index (χ1n) is 9.96. The smallest absolute Gasteiger partial charge is 0.378 e. The van der Waals surface area contributed by atoms with E-state index in [4.69, 9.17) is 0 Å². The molecule has 1 aliphatic rings. The van der Waals surface area contributed by atoms with Crippen LogP contribution in [0, 0.1) is 11.3 Å². The van der Waals surface area contributed by atoms with Crippen LogP contribution in [-0.2, 0) is 11.0 Å². The molecule has 2 aromatic carbocycles. The Morgan fingerprint density at radius 2 is 1.81 bits per heavy atom. The zero-order chi connectivity index (χ0) is 22.9. The van der Waals surface area contributed by atoms with Crippen LogP contribution in [0.1, 0.15) is 22.8 Å². The van der Waals surface area contributed by atoms with E-state index in [0.717, 1.165) is 28.7 Å². The molecule has 1 fully saturated rings. The van der Waals surface area contributed by atoms with Crippen LogP contribution >= 0.6 is 0 Å². The highest BCUT2D eigenvalue weighted by Crippen LogP contribution is 2.32. The summed E-state index contributed by atoms with van der Waals surface area (Å²) in [5, 5.41) is 20.8. The molecule has 0 saturated carbocycles. The lowest BCUT2D eigenvalue weighted by molar-refractivity contribution is -0.142. The Labute approximate surface area is 182 Å². The van der Waals surface area contributed by atoms with Gasteiger partial charge in [-0.2, -0.15) is 18.4 Å². The third kappa shape index (κ3) is 4.09. The van der Waals surface area contributed by atoms with Crippen molar-refractivity contribution < 1.29 is 23.1 Å². The summed E-state index contributed by atoms with van der Waals surface area (Å²) in [6.45, 7) is 1.33. The molecule has 0 spiro atoms. The number of anilines is 1. The van der Waals surface area contributed by atoms with Crippen molar-refractivity contribution in [3.63, 3.8) is 0 Å². The molecule has 9 heteroatoms. The Balaban J connectivity index is 1.51. The molecule has 1 amide bonds. The van der Waals surface area contributed by atoms with E-state index in [9.17, 15) is 28.3 Å². The summed E-state index contributed by atoms with van der Waals surface area (Å²) in [5.74, 6) is -0.649. The highest BCUT2D eigenvalue weighted by molar-refractivity contribution is 5.94. The maximum absolute atomic E-state index is 13.0. The summed E-state index contributed by atoms with van der Waals surface area (Å²) in [6.07, 6.45) is -4.72. The predicted molar refractivity (Wildman–Crippen MR) is 112 cm³/mol. The van der Waals surface area contributed by atoms with Crippen LogP contribution in [0.25, 0.3) is 10.9 Å². The van der Waals surface area contributed by atoms with Crippen molar-refractivity contribution >= 4 is 22.5 Å². The molecule has 3 aromatic rings. The van der Waals surface area contributed by atoms with E-state index >= 15 is 0 Å². The molecule has 2 heterocycles. The van der Waals surface area contributed by atoms with Gasteiger partial charge in [0.2, 0.25) is 0 Å². The third-order valence-corrected chi connectivity index (χ3v) is 5.54. The number of carbonyl (C=O) groups is 1. The molecule has 1 saturated heterocycles. The fraction of sp³-hybridized carbons (Fsp3) is 0.261. The molecule has 4 rings (SSSR count). The third-order valence-electron chi connectivity index (χ3n) is 5.54. The summed E-state index contributed by atoms with van der Waals surface area (Å²) in [5.41, 5.74) is 0.899. The number of benzene rings is 2. The van der Waals surface area contributed by atoms with Crippen LogP contribution in [0.2, 0.25) is 0 Å². The average Bonchev–Trinajstić information content (AvgIpc) is 2.82. The number of carbonyl (C=O) groups excluding carboxylic acids is 1. The van der Waals surface area contributed by atoms with Gasteiger partial charge < -0.3 is 14.9 Å². The topological polar surface area (TPSA) is 80.5 Å². The predicted octanol–water partition coefficient (Wildman–Crippen LogP) is 3.51. The number of aromatic nitrogens is 1. The van der Waals surface area contributed by atoms with E-state index in [0.29, 0.717) is 18.7 Å². The van der Waals surface area contributed by atoms with Gasteiger partial charge in [-0.15, -0.1) is 0 Å². The largest absolute Gasteiger partial charge is 0.416 e. The van der Waals surface area contributed by atoms with Gasteiger partial charge in [-0.05, 0) is 23.8 Å². The lowest BCUT2D eigenvalue weighted by atomic mass is 10.0. The number of fused-ring (bicyclic) bond motifs is 1. The first-order valence-corrected chi connectivity index (χ1v) is 9.96. The normalized spacial score (nSPS) is 15.5. The van der Waals surface area contributed by atoms with Crippen molar-refractivity contribution in [1.82, 2.24) is 9.88 Å². The Kier molecular flexibility index (Phi) is 5.72. The SMILES string of the molecule is N#Cc1cnc2ccccc2c1N1CCN(C(=O)C(O)c2cccc(C(F)(F)F)c2)CC1. The van der Waals surface area contributed by atoms with Gasteiger partial charge in [0.25, 0.3) is 5.91 Å². The molecule has 32 heavy (non-hydrogen) atoms. The molecular formula is C23H19F3N4O2. The Hall–Kier alpha value is -3.64. The van der Waals surface area contributed by atoms with E-state index in [1.165, 1.54) is 23.2 Å². The van der Waals surface area contributed by atoms with Crippen molar-refractivity contribution in [2.75, 3.05) is 31.1 Å². The molecule has 1 aromatic heterocycles. The van der Waals surface area contributed by atoms with Crippen LogP contribution in [0.5, 0.6) is 0 Å². The number of para-hydroxylation sites is 1. The number of pyridine rings is 1. The Morgan fingerprint density at radius 1 is 1.09 bits per heavy atom. The number of nitriles is 1. The summed E-state index contributed by atoms with van der Waals surface area (Å²) in [4.78, 5) is 20.5. The zero-order valence-electron chi connectivity index (χ0n) is 16.9. The number of rotatable bonds is 3. The first kappa shape index (κ1) is 21.6. The number of amides is 1. The van der Waals surface area contributed by atoms with E-state index < -0.39 is 23.8 Å². The van der Waals surface area contributed by atoms with Gasteiger partial charge in [0.05, 0.1) is 22.3 Å². The molecule has 0 radical (unpaired) electrons. The van der Waals surface area contributed by atoms with E-state index in [2.05, 4.69) is 11.1 Å². The van der Waals surface area contributed by atoms with Crippen LogP contribution in [0.15, 0.2) is 54.7 Å². The molecule has 0 bridgehead atoms. The van der Waals surface area contributed by atoms with Gasteiger partial charge >= 0.3 is 6.18 Å². The molecule has 6 nitrogen and oxygen atoms in total. The number of aliphatic hydroxyl groups is 1. The highest BCUT2D eigenvalue weighted by Gasteiger charge is 2.33. The summed E-state index contributed by atoms with van der Waals surface area (Å²) >= 11 is 0. The number of aliphatic hydroxyl groups excluding tert-OH is 1. The number of nitrogens with zero attached hydrogens (tertiary/aromatic N) is 4. The molecular weight excluding hydrogens is 421 g/mol. The van der Waals surface area contributed by atoms with Crippen LogP contribution < -0.4 is 4.90 Å². The van der Waals surface area contributed by atoms with E-state index in [1.807, 2.05) is 29.2 Å². The maximum Gasteiger partial charge on any atom is 0.416 e. The van der Waals surface area contributed by atoms with Crippen LogP contribution in [-0.4, -0.2) is 47.1 Å². The minimum absolute atomic E-state index is 0.0980.